The summed E-state index contributed by atoms with van der Waals surface area (Å²) in [6, 6.07) is 18.5. The van der Waals surface area contributed by atoms with Crippen LogP contribution >= 0.6 is 11.8 Å². The summed E-state index contributed by atoms with van der Waals surface area (Å²) in [5, 5.41) is 9.67. The molecule has 3 aromatic rings. The zero-order valence-electron chi connectivity index (χ0n) is 18.1. The fraction of sp³-hybridized carbons (Fsp3) is 0.208. The molecule has 10 heteroatoms. The zero-order chi connectivity index (χ0) is 23.9. The van der Waals surface area contributed by atoms with Gasteiger partial charge in [-0.05, 0) is 54.1 Å². The number of carbonyl (C=O) groups excluding carboxylic acids is 1. The van der Waals surface area contributed by atoms with E-state index < -0.39 is 10.2 Å². The third kappa shape index (κ3) is 5.03. The van der Waals surface area contributed by atoms with Crippen molar-refractivity contribution in [2.75, 3.05) is 16.0 Å². The molecule has 3 atom stereocenters. The molecule has 2 aliphatic heterocycles. The van der Waals surface area contributed by atoms with Crippen molar-refractivity contribution in [2.45, 2.75) is 40.8 Å². The monoisotopic (exact) mass is 499 g/mol. The summed E-state index contributed by atoms with van der Waals surface area (Å²) in [6.45, 7) is 2.54. The lowest BCUT2D eigenvalue weighted by Gasteiger charge is -2.12. The van der Waals surface area contributed by atoms with Gasteiger partial charge in [0.05, 0.1) is 5.69 Å². The predicted octanol–water partition coefficient (Wildman–Crippen LogP) is 4.84. The average molecular weight is 500 g/mol. The molecule has 1 saturated heterocycles. The van der Waals surface area contributed by atoms with E-state index in [9.17, 15) is 17.1 Å². The number of carbonyl (C=O) groups is 1. The topological polar surface area (TPSA) is 99.8 Å². The molecule has 2 heterocycles. The van der Waals surface area contributed by atoms with Crippen molar-refractivity contribution in [1.82, 2.24) is 0 Å². The van der Waals surface area contributed by atoms with Crippen LogP contribution in [-0.2, 0) is 21.5 Å². The van der Waals surface area contributed by atoms with Crippen LogP contribution in [0.3, 0.4) is 0 Å². The van der Waals surface area contributed by atoms with Gasteiger partial charge < -0.3 is 20.7 Å². The van der Waals surface area contributed by atoms with E-state index in [0.29, 0.717) is 28.7 Å². The smallest absolute Gasteiger partial charge is 0.332 e. The number of hydrogen-bond acceptors (Lipinski definition) is 7. The largest absolute Gasteiger partial charge is 0.381 e. The van der Waals surface area contributed by atoms with Gasteiger partial charge in [0.25, 0.3) is 5.91 Å². The normalized spacial score (nSPS) is 20.8. The Balaban J connectivity index is 1.21. The molecule has 0 radical (unpaired) electrons. The molecule has 3 aromatic carbocycles. The van der Waals surface area contributed by atoms with E-state index in [2.05, 4.69) is 22.9 Å². The molecule has 1 amide bonds. The third-order valence-corrected chi connectivity index (χ3v) is 7.73. The van der Waals surface area contributed by atoms with Gasteiger partial charge in [-0.25, -0.2) is 0 Å². The maximum absolute atomic E-state index is 13.2. The molecule has 0 bridgehead atoms. The minimum absolute atomic E-state index is 0.00654. The predicted molar refractivity (Wildman–Crippen MR) is 131 cm³/mol. The Labute approximate surface area is 201 Å². The van der Waals surface area contributed by atoms with Crippen LogP contribution < -0.4 is 16.0 Å². The van der Waals surface area contributed by atoms with Crippen molar-refractivity contribution in [2.24, 2.45) is 0 Å². The summed E-state index contributed by atoms with van der Waals surface area (Å²) in [4.78, 5) is 13.5. The number of amides is 1. The second kappa shape index (κ2) is 8.94. The first kappa shape index (κ1) is 22.7. The van der Waals surface area contributed by atoms with Gasteiger partial charge >= 0.3 is 10.2 Å². The van der Waals surface area contributed by atoms with Gasteiger partial charge in [0.2, 0.25) is 0 Å². The lowest BCUT2D eigenvalue weighted by Crippen LogP contribution is -2.13. The van der Waals surface area contributed by atoms with E-state index in [1.165, 1.54) is 18.2 Å². The van der Waals surface area contributed by atoms with E-state index in [1.807, 2.05) is 30.3 Å². The number of nitrogens with one attached hydrogen (secondary N) is 3. The molecular weight excluding hydrogens is 477 g/mol. The highest BCUT2D eigenvalue weighted by Crippen LogP contribution is 2.43. The fourth-order valence-corrected chi connectivity index (χ4v) is 5.42. The van der Waals surface area contributed by atoms with Gasteiger partial charge in [-0.15, -0.1) is 15.6 Å². The van der Waals surface area contributed by atoms with Crippen molar-refractivity contribution in [3.63, 3.8) is 0 Å². The summed E-state index contributed by atoms with van der Waals surface area (Å²) in [6.07, 6.45) is 0.204. The molecular formula is C24H22FN3O4S2. The van der Waals surface area contributed by atoms with Gasteiger partial charge in [0, 0.05) is 33.6 Å². The van der Waals surface area contributed by atoms with Crippen LogP contribution in [0.4, 0.5) is 20.9 Å². The number of fused-ring (bicyclic) bond motifs is 2. The van der Waals surface area contributed by atoms with Crippen LogP contribution in [0.2, 0.25) is 0 Å². The van der Waals surface area contributed by atoms with Crippen LogP contribution in [-0.4, -0.2) is 31.9 Å². The minimum Gasteiger partial charge on any atom is -0.381 e. The number of anilines is 3. The lowest BCUT2D eigenvalue weighted by molar-refractivity contribution is 0.102. The Morgan fingerprint density at radius 2 is 1.88 bits per heavy atom. The van der Waals surface area contributed by atoms with E-state index in [0.717, 1.165) is 16.1 Å². The summed E-state index contributed by atoms with van der Waals surface area (Å²) in [5.41, 5.74) is 3.50. The molecule has 0 spiro atoms. The number of benzene rings is 3. The second-order valence-electron chi connectivity index (χ2n) is 8.17. The lowest BCUT2D eigenvalue weighted by atomic mass is 10.1. The van der Waals surface area contributed by atoms with E-state index in [1.54, 1.807) is 30.0 Å². The van der Waals surface area contributed by atoms with Gasteiger partial charge in [0.1, 0.15) is 11.0 Å². The quantitative estimate of drug-likeness (QED) is 0.330. The van der Waals surface area contributed by atoms with Crippen molar-refractivity contribution < 1.29 is 21.8 Å². The Morgan fingerprint density at radius 1 is 1.09 bits per heavy atom. The summed E-state index contributed by atoms with van der Waals surface area (Å²) < 4.78 is 40.9. The molecule has 5 rings (SSSR count). The molecule has 7 nitrogen and oxygen atoms in total. The second-order valence-corrected chi connectivity index (χ2v) is 10.9. The molecule has 34 heavy (non-hydrogen) atoms. The number of rotatable bonds is 6. The van der Waals surface area contributed by atoms with Gasteiger partial charge in [-0.3, -0.25) is 4.79 Å². The highest BCUT2D eigenvalue weighted by atomic mass is 32.3. The first-order chi connectivity index (χ1) is 16.3. The minimum atomic E-state index is -4.75. The third-order valence-electron chi connectivity index (χ3n) is 5.66. The van der Waals surface area contributed by atoms with E-state index in [-0.39, 0.29) is 23.1 Å². The molecule has 0 aliphatic carbocycles. The summed E-state index contributed by atoms with van der Waals surface area (Å²) in [5.74, 6) is -0.213. The average Bonchev–Trinajstić information content (AvgIpc) is 3.59. The van der Waals surface area contributed by atoms with Crippen LogP contribution in [0.15, 0.2) is 76.5 Å². The number of hydrogen-bond donors (Lipinski definition) is 3. The van der Waals surface area contributed by atoms with E-state index in [4.69, 9.17) is 4.74 Å². The Kier molecular flexibility index (Phi) is 5.97. The first-order valence-electron chi connectivity index (χ1n) is 10.7. The molecule has 3 N–H and O–H groups in total. The Morgan fingerprint density at radius 3 is 2.65 bits per heavy atom. The molecule has 0 saturated carbocycles. The molecule has 3 unspecified atom stereocenters. The highest BCUT2D eigenvalue weighted by Gasteiger charge is 2.46. The van der Waals surface area contributed by atoms with Crippen molar-refractivity contribution in [3.8, 4) is 0 Å². The first-order valence-corrected chi connectivity index (χ1v) is 12.9. The maximum Gasteiger partial charge on any atom is 0.332 e. The number of ether oxygens (including phenoxy) is 1. The summed E-state index contributed by atoms with van der Waals surface area (Å²) >= 11 is 1.74. The Hall–Kier alpha value is -3.08. The molecule has 2 aliphatic rings. The van der Waals surface area contributed by atoms with Crippen LogP contribution in [0.1, 0.15) is 22.8 Å². The van der Waals surface area contributed by atoms with Gasteiger partial charge in [0.15, 0.2) is 6.23 Å². The summed E-state index contributed by atoms with van der Waals surface area (Å²) in [7, 11) is -4.75. The highest BCUT2D eigenvalue weighted by molar-refractivity contribution is 8.00. The molecule has 176 valence electrons. The Bertz CT molecular complexity index is 1350. The molecule has 0 aromatic heterocycles. The standard InChI is InChI=1S/C24H22FN3O4S2/c1-14-22-24(32-22)28-20-11-16(7-10-21(20)33-14)23(29)27-17-8-5-15(6-9-17)13-26-18-3-2-4-19(12-18)34(25,30)31/h2-12,14,22,24,26,28H,13H2,1H3,(H,27,29). The van der Waals surface area contributed by atoms with Crippen LogP contribution in [0.25, 0.3) is 0 Å². The van der Waals surface area contributed by atoms with Gasteiger partial charge in [-0.2, -0.15) is 8.42 Å². The van der Waals surface area contributed by atoms with Crippen molar-refractivity contribution in [3.05, 3.63) is 77.9 Å². The number of epoxide rings is 1. The maximum atomic E-state index is 13.2. The SMILES string of the molecule is CC1Sc2ccc(C(=O)Nc3ccc(CNc4cccc(S(=O)(=O)F)c4)cc3)cc2NC2OC21. The zero-order valence-corrected chi connectivity index (χ0v) is 19.8. The number of thioether (sulfide) groups is 1. The van der Waals surface area contributed by atoms with Crippen molar-refractivity contribution in [1.29, 1.82) is 0 Å². The fourth-order valence-electron chi connectivity index (χ4n) is 3.78. The molecule has 1 fully saturated rings. The number of halogens is 1. The van der Waals surface area contributed by atoms with Crippen molar-refractivity contribution >= 4 is 45.0 Å². The van der Waals surface area contributed by atoms with E-state index >= 15 is 0 Å². The van der Waals surface area contributed by atoms with Gasteiger partial charge in [-0.1, -0.05) is 25.1 Å². The van der Waals surface area contributed by atoms with Crippen LogP contribution in [0, 0.1) is 0 Å². The van der Waals surface area contributed by atoms with Crippen LogP contribution in [0.5, 0.6) is 0 Å².